The van der Waals surface area contributed by atoms with E-state index in [0.717, 1.165) is 105 Å². The molecule has 0 unspecified atom stereocenters. The molecule has 0 bridgehead atoms. The van der Waals surface area contributed by atoms with Crippen LogP contribution < -0.4 is 0 Å². The first-order chi connectivity index (χ1) is 36.6. The van der Waals surface area contributed by atoms with Gasteiger partial charge in [0.1, 0.15) is 0 Å². The summed E-state index contributed by atoms with van der Waals surface area (Å²) in [7, 11) is 0. The Morgan fingerprint density at radius 2 is 0.784 bits per heavy atom. The molecule has 74 heavy (non-hydrogen) atoms. The van der Waals surface area contributed by atoms with Crippen molar-refractivity contribution in [3.05, 3.63) is 253 Å². The van der Waals surface area contributed by atoms with Gasteiger partial charge in [0.05, 0.1) is 63.3 Å². The SMILES string of the molecule is [C-]#[N+]c1ccc(-n2c3ccccc3c3cc(-c4ccccc4C#N)ccc32)c(-c2ccc(-c3nc(-c4ccccc4)nc(-c4ccccc4)n3)cc2-n2c3ccccc3c3cc(-c4ccccc4C#N)ccc32)c1. The summed E-state index contributed by atoms with van der Waals surface area (Å²) in [6.45, 7) is 8.35. The molecule has 0 saturated carbocycles. The summed E-state index contributed by atoms with van der Waals surface area (Å²) < 4.78 is 4.60. The van der Waals surface area contributed by atoms with Crippen LogP contribution in [0.2, 0.25) is 0 Å². The summed E-state index contributed by atoms with van der Waals surface area (Å²) in [5.74, 6) is 1.62. The molecule has 0 radical (unpaired) electrons. The standard InChI is InChI=1S/C66H38N8/c1-69-49-31-35-62(73-58-26-14-12-24-52(58)55-36-44(29-33-60(55)73)50-22-10-8-20-47(50)40-67)57(39-49)54-32-28-46(66-71-64(42-16-4-2-5-17-42)70-65(72-66)43-18-6-3-7-19-43)38-63(54)74-59-27-15-13-25-53(59)56-37-45(30-34-61(56)74)51-23-11-9-21-48(51)41-68/h2-39H. The monoisotopic (exact) mass is 942 g/mol. The molecule has 3 aromatic heterocycles. The van der Waals surface area contributed by atoms with Crippen LogP contribution in [0.25, 0.3) is 127 Å². The van der Waals surface area contributed by atoms with Gasteiger partial charge in [0.15, 0.2) is 23.2 Å². The second-order valence-corrected chi connectivity index (χ2v) is 18.1. The maximum Gasteiger partial charge on any atom is 0.188 e. The third-order valence-electron chi connectivity index (χ3n) is 13.9. The highest BCUT2D eigenvalue weighted by molar-refractivity contribution is 6.13. The Morgan fingerprint density at radius 3 is 1.31 bits per heavy atom. The minimum atomic E-state index is 0.496. The van der Waals surface area contributed by atoms with Gasteiger partial charge in [0.2, 0.25) is 0 Å². The topological polar surface area (TPSA) is 100 Å². The van der Waals surface area contributed by atoms with Crippen LogP contribution in [-0.4, -0.2) is 24.1 Å². The summed E-state index contributed by atoms with van der Waals surface area (Å²) in [5, 5.41) is 24.4. The van der Waals surface area contributed by atoms with E-state index in [-0.39, 0.29) is 0 Å². The van der Waals surface area contributed by atoms with Crippen LogP contribution in [0.1, 0.15) is 11.1 Å². The van der Waals surface area contributed by atoms with Gasteiger partial charge in [-0.2, -0.15) is 10.5 Å². The van der Waals surface area contributed by atoms with Gasteiger partial charge >= 0.3 is 0 Å². The molecule has 10 aromatic carbocycles. The molecule has 8 heteroatoms. The van der Waals surface area contributed by atoms with Crippen molar-refractivity contribution in [3.63, 3.8) is 0 Å². The Kier molecular flexibility index (Phi) is 10.5. The Hall–Kier alpha value is -10.7. The number of nitrogens with zero attached hydrogens (tertiary/aromatic N) is 8. The van der Waals surface area contributed by atoms with Crippen molar-refractivity contribution < 1.29 is 0 Å². The number of rotatable bonds is 8. The number of hydrogen-bond donors (Lipinski definition) is 0. The lowest BCUT2D eigenvalue weighted by Gasteiger charge is -2.20. The van der Waals surface area contributed by atoms with Crippen molar-refractivity contribution in [2.24, 2.45) is 0 Å². The fourth-order valence-electron chi connectivity index (χ4n) is 10.5. The average molecular weight is 943 g/mol. The van der Waals surface area contributed by atoms with Gasteiger partial charge in [0.25, 0.3) is 0 Å². The lowest BCUT2D eigenvalue weighted by molar-refractivity contribution is 1.07. The molecular formula is C66H38N8. The first-order valence-corrected chi connectivity index (χ1v) is 24.2. The van der Waals surface area contributed by atoms with Crippen molar-refractivity contribution in [1.29, 1.82) is 10.5 Å². The lowest BCUT2D eigenvalue weighted by atomic mass is 9.97. The maximum absolute atomic E-state index is 10.2. The largest absolute Gasteiger partial charge is 0.309 e. The zero-order valence-electron chi connectivity index (χ0n) is 39.5. The molecule has 0 N–H and O–H groups in total. The van der Waals surface area contributed by atoms with E-state index in [4.69, 9.17) is 21.5 Å². The minimum Gasteiger partial charge on any atom is -0.309 e. The summed E-state index contributed by atoms with van der Waals surface area (Å²) in [5.41, 5.74) is 15.2. The number of aromatic nitrogens is 5. The van der Waals surface area contributed by atoms with E-state index in [2.05, 4.69) is 135 Å². The molecule has 13 aromatic rings. The zero-order chi connectivity index (χ0) is 49.7. The summed E-state index contributed by atoms with van der Waals surface area (Å²) in [6.07, 6.45) is 0. The van der Waals surface area contributed by atoms with Crippen molar-refractivity contribution >= 4 is 49.3 Å². The zero-order valence-corrected chi connectivity index (χ0v) is 39.5. The van der Waals surface area contributed by atoms with Crippen molar-refractivity contribution in [1.82, 2.24) is 24.1 Å². The second kappa shape index (κ2) is 17.9. The Labute approximate surface area is 426 Å². The molecule has 0 aliphatic rings. The number of nitriles is 2. The molecule has 13 rings (SSSR count). The molecule has 0 spiro atoms. The normalized spacial score (nSPS) is 11.2. The second-order valence-electron chi connectivity index (χ2n) is 18.1. The first-order valence-electron chi connectivity index (χ1n) is 24.2. The first kappa shape index (κ1) is 43.3. The van der Waals surface area contributed by atoms with Crippen LogP contribution in [0.15, 0.2) is 231 Å². The molecule has 0 aliphatic carbocycles. The molecule has 0 atom stereocenters. The highest BCUT2D eigenvalue weighted by Crippen LogP contribution is 2.45. The van der Waals surface area contributed by atoms with Gasteiger partial charge in [0, 0.05) is 43.8 Å². The molecule has 8 nitrogen and oxygen atoms in total. The molecule has 0 aliphatic heterocycles. The quantitative estimate of drug-likeness (QED) is 0.141. The van der Waals surface area contributed by atoms with Crippen LogP contribution in [0, 0.1) is 29.2 Å². The van der Waals surface area contributed by atoms with Gasteiger partial charge in [-0.25, -0.2) is 19.8 Å². The Bertz CT molecular complexity index is 4470. The molecule has 0 fully saturated rings. The minimum absolute atomic E-state index is 0.496. The average Bonchev–Trinajstić information content (AvgIpc) is 4.03. The number of benzene rings is 10. The van der Waals surface area contributed by atoms with E-state index >= 15 is 0 Å². The van der Waals surface area contributed by atoms with Crippen molar-refractivity contribution in [2.45, 2.75) is 0 Å². The Balaban J connectivity index is 1.10. The molecule has 0 saturated heterocycles. The molecule has 342 valence electrons. The highest BCUT2D eigenvalue weighted by Gasteiger charge is 2.24. The van der Waals surface area contributed by atoms with E-state index in [1.807, 2.05) is 121 Å². The van der Waals surface area contributed by atoms with Gasteiger partial charge in [-0.3, -0.25) is 0 Å². The van der Waals surface area contributed by atoms with E-state index in [9.17, 15) is 10.5 Å². The van der Waals surface area contributed by atoms with Crippen LogP contribution >= 0.6 is 0 Å². The fraction of sp³-hybridized carbons (Fsp3) is 0. The smallest absolute Gasteiger partial charge is 0.188 e. The van der Waals surface area contributed by atoms with Crippen LogP contribution in [0.5, 0.6) is 0 Å². The van der Waals surface area contributed by atoms with E-state index in [0.29, 0.717) is 34.3 Å². The van der Waals surface area contributed by atoms with E-state index < -0.39 is 0 Å². The van der Waals surface area contributed by atoms with Crippen LogP contribution in [0.3, 0.4) is 0 Å². The van der Waals surface area contributed by atoms with E-state index in [1.165, 1.54) is 0 Å². The third-order valence-corrected chi connectivity index (χ3v) is 13.9. The van der Waals surface area contributed by atoms with Crippen LogP contribution in [0.4, 0.5) is 5.69 Å². The molecular weight excluding hydrogens is 905 g/mol. The van der Waals surface area contributed by atoms with Gasteiger partial charge < -0.3 is 9.13 Å². The summed E-state index contributed by atoms with van der Waals surface area (Å²) >= 11 is 0. The van der Waals surface area contributed by atoms with Crippen molar-refractivity contribution in [2.75, 3.05) is 0 Å². The Morgan fingerprint density at radius 1 is 0.338 bits per heavy atom. The van der Waals surface area contributed by atoms with E-state index in [1.54, 1.807) is 0 Å². The lowest BCUT2D eigenvalue weighted by Crippen LogP contribution is -2.04. The molecule has 0 amide bonds. The number of hydrogen-bond acceptors (Lipinski definition) is 5. The van der Waals surface area contributed by atoms with Crippen LogP contribution in [-0.2, 0) is 0 Å². The summed E-state index contributed by atoms with van der Waals surface area (Å²) in [4.78, 5) is 19.4. The fourth-order valence-corrected chi connectivity index (χ4v) is 10.5. The highest BCUT2D eigenvalue weighted by atomic mass is 15.0. The van der Waals surface area contributed by atoms with Gasteiger partial charge in [-0.15, -0.1) is 0 Å². The summed E-state index contributed by atoms with van der Waals surface area (Å²) in [6, 6.07) is 82.1. The predicted molar refractivity (Wildman–Crippen MR) is 297 cm³/mol. The van der Waals surface area contributed by atoms with Crippen molar-refractivity contribution in [3.8, 4) is 91.1 Å². The van der Waals surface area contributed by atoms with Gasteiger partial charge in [-0.1, -0.05) is 164 Å². The van der Waals surface area contributed by atoms with Gasteiger partial charge in [-0.05, 0) is 94.5 Å². The number of para-hydroxylation sites is 2. The number of fused-ring (bicyclic) bond motifs is 6. The third kappa shape index (κ3) is 7.25. The predicted octanol–water partition coefficient (Wildman–Crippen LogP) is 16.4. The molecule has 3 heterocycles. The maximum atomic E-state index is 10.2.